The minimum absolute atomic E-state index is 0.129. The Balaban J connectivity index is 2.01. The Hall–Kier alpha value is -3.15. The molecule has 0 fully saturated rings. The van der Waals surface area contributed by atoms with Crippen LogP contribution in [-0.2, 0) is 14.3 Å². The molecule has 2 aromatic carbocycles. The standard InChI is InChI=1S/C20H22N2O4/c1-14-6-4-9-18(12-14)22(15(2)23)11-10-19(24)21-17-8-5-7-16(13-17)20(25)26-3/h4-9,12-13H,10-11H2,1-3H3,(H,21,24). The van der Waals surface area contributed by atoms with E-state index in [1.165, 1.54) is 14.0 Å². The molecule has 0 unspecified atom stereocenters. The highest BCUT2D eigenvalue weighted by Crippen LogP contribution is 2.17. The molecule has 0 saturated heterocycles. The van der Waals surface area contributed by atoms with Crippen LogP contribution in [0.5, 0.6) is 0 Å². The van der Waals surface area contributed by atoms with Crippen LogP contribution in [0.1, 0.15) is 29.3 Å². The van der Waals surface area contributed by atoms with Gasteiger partial charge in [0.15, 0.2) is 0 Å². The van der Waals surface area contributed by atoms with Crippen molar-refractivity contribution in [1.82, 2.24) is 0 Å². The zero-order valence-corrected chi connectivity index (χ0v) is 15.1. The Bertz CT molecular complexity index is 817. The first-order valence-electron chi connectivity index (χ1n) is 8.23. The molecule has 0 aliphatic rings. The van der Waals surface area contributed by atoms with Crippen LogP contribution in [0.15, 0.2) is 48.5 Å². The number of carbonyl (C=O) groups excluding carboxylic acids is 3. The van der Waals surface area contributed by atoms with E-state index >= 15 is 0 Å². The molecule has 0 atom stereocenters. The maximum absolute atomic E-state index is 12.2. The average Bonchev–Trinajstić information content (AvgIpc) is 2.61. The Labute approximate surface area is 152 Å². The molecular weight excluding hydrogens is 332 g/mol. The number of benzene rings is 2. The average molecular weight is 354 g/mol. The third-order valence-corrected chi connectivity index (χ3v) is 3.82. The van der Waals surface area contributed by atoms with Gasteiger partial charge in [-0.25, -0.2) is 4.79 Å². The largest absolute Gasteiger partial charge is 0.465 e. The molecule has 26 heavy (non-hydrogen) atoms. The van der Waals surface area contributed by atoms with Crippen molar-refractivity contribution in [3.63, 3.8) is 0 Å². The Morgan fingerprint density at radius 1 is 1.08 bits per heavy atom. The second-order valence-corrected chi connectivity index (χ2v) is 5.88. The number of hydrogen-bond donors (Lipinski definition) is 1. The number of esters is 1. The molecule has 0 aliphatic carbocycles. The molecule has 1 N–H and O–H groups in total. The van der Waals surface area contributed by atoms with Crippen LogP contribution in [0.4, 0.5) is 11.4 Å². The summed E-state index contributed by atoms with van der Waals surface area (Å²) < 4.78 is 4.66. The second-order valence-electron chi connectivity index (χ2n) is 5.88. The van der Waals surface area contributed by atoms with Crippen molar-refractivity contribution in [3.8, 4) is 0 Å². The van der Waals surface area contributed by atoms with Crippen LogP contribution in [-0.4, -0.2) is 31.4 Å². The summed E-state index contributed by atoms with van der Waals surface area (Å²) in [6.07, 6.45) is 0.135. The van der Waals surface area contributed by atoms with Gasteiger partial charge in [0.25, 0.3) is 0 Å². The van der Waals surface area contributed by atoms with E-state index in [1.54, 1.807) is 29.2 Å². The zero-order chi connectivity index (χ0) is 19.1. The van der Waals surface area contributed by atoms with E-state index in [0.717, 1.165) is 11.3 Å². The summed E-state index contributed by atoms with van der Waals surface area (Å²) >= 11 is 0. The Morgan fingerprint density at radius 2 is 1.81 bits per heavy atom. The molecule has 2 rings (SSSR count). The maximum Gasteiger partial charge on any atom is 0.337 e. The molecule has 0 aliphatic heterocycles. The fourth-order valence-corrected chi connectivity index (χ4v) is 2.54. The molecule has 0 heterocycles. The second kappa shape index (κ2) is 8.80. The number of nitrogens with zero attached hydrogens (tertiary/aromatic N) is 1. The van der Waals surface area contributed by atoms with E-state index in [9.17, 15) is 14.4 Å². The third-order valence-electron chi connectivity index (χ3n) is 3.82. The predicted molar refractivity (Wildman–Crippen MR) is 100 cm³/mol. The van der Waals surface area contributed by atoms with Gasteiger partial charge in [-0.05, 0) is 42.8 Å². The number of anilines is 2. The summed E-state index contributed by atoms with van der Waals surface area (Å²) in [5.41, 5.74) is 2.66. The molecule has 0 saturated carbocycles. The van der Waals surface area contributed by atoms with E-state index in [-0.39, 0.29) is 24.8 Å². The number of ether oxygens (including phenoxy) is 1. The summed E-state index contributed by atoms with van der Waals surface area (Å²) in [5.74, 6) is -0.842. The minimum atomic E-state index is -0.469. The molecular formula is C20H22N2O4. The number of carbonyl (C=O) groups is 3. The topological polar surface area (TPSA) is 75.7 Å². The van der Waals surface area contributed by atoms with Gasteiger partial charge in [0.1, 0.15) is 0 Å². The first kappa shape index (κ1) is 19.2. The van der Waals surface area contributed by atoms with E-state index in [0.29, 0.717) is 11.3 Å². The van der Waals surface area contributed by atoms with Gasteiger partial charge in [-0.1, -0.05) is 18.2 Å². The highest BCUT2D eigenvalue weighted by molar-refractivity contribution is 5.96. The molecule has 6 heteroatoms. The van der Waals surface area contributed by atoms with E-state index in [1.807, 2.05) is 31.2 Å². The summed E-state index contributed by atoms with van der Waals surface area (Å²) in [4.78, 5) is 37.3. The van der Waals surface area contributed by atoms with Crippen molar-refractivity contribution in [3.05, 3.63) is 59.7 Å². The number of amides is 2. The number of methoxy groups -OCH3 is 1. The van der Waals surface area contributed by atoms with Gasteiger partial charge in [-0.2, -0.15) is 0 Å². The Kier molecular flexibility index (Phi) is 6.49. The fraction of sp³-hybridized carbons (Fsp3) is 0.250. The van der Waals surface area contributed by atoms with Crippen molar-refractivity contribution in [2.75, 3.05) is 23.9 Å². The number of aryl methyl sites for hydroxylation is 1. The molecule has 0 bridgehead atoms. The lowest BCUT2D eigenvalue weighted by Gasteiger charge is -2.21. The van der Waals surface area contributed by atoms with Gasteiger partial charge in [0, 0.05) is 31.3 Å². The molecule has 2 amide bonds. The van der Waals surface area contributed by atoms with Crippen LogP contribution in [0.3, 0.4) is 0 Å². The number of hydrogen-bond acceptors (Lipinski definition) is 4. The van der Waals surface area contributed by atoms with Gasteiger partial charge in [0.05, 0.1) is 12.7 Å². The first-order valence-corrected chi connectivity index (χ1v) is 8.23. The maximum atomic E-state index is 12.2. The van der Waals surface area contributed by atoms with Gasteiger partial charge in [0.2, 0.25) is 11.8 Å². The van der Waals surface area contributed by atoms with Crippen molar-refractivity contribution < 1.29 is 19.1 Å². The normalized spacial score (nSPS) is 10.1. The SMILES string of the molecule is COC(=O)c1cccc(NC(=O)CCN(C(C)=O)c2cccc(C)c2)c1. The third kappa shape index (κ3) is 5.17. The van der Waals surface area contributed by atoms with Crippen molar-refractivity contribution in [2.24, 2.45) is 0 Å². The molecule has 2 aromatic rings. The van der Waals surface area contributed by atoms with Crippen molar-refractivity contribution in [2.45, 2.75) is 20.3 Å². The fourth-order valence-electron chi connectivity index (χ4n) is 2.54. The van der Waals surface area contributed by atoms with Crippen molar-refractivity contribution in [1.29, 1.82) is 0 Å². The van der Waals surface area contributed by atoms with Gasteiger partial charge < -0.3 is 15.0 Å². The monoisotopic (exact) mass is 354 g/mol. The zero-order valence-electron chi connectivity index (χ0n) is 15.1. The van der Waals surface area contributed by atoms with E-state index in [2.05, 4.69) is 10.1 Å². The molecule has 136 valence electrons. The summed E-state index contributed by atoms with van der Waals surface area (Å²) in [6, 6.07) is 14.1. The smallest absolute Gasteiger partial charge is 0.337 e. The summed E-state index contributed by atoms with van der Waals surface area (Å²) in [6.45, 7) is 3.68. The van der Waals surface area contributed by atoms with Crippen LogP contribution >= 0.6 is 0 Å². The number of rotatable bonds is 6. The van der Waals surface area contributed by atoms with Crippen LogP contribution < -0.4 is 10.2 Å². The van der Waals surface area contributed by atoms with E-state index in [4.69, 9.17) is 0 Å². The van der Waals surface area contributed by atoms with Crippen molar-refractivity contribution >= 4 is 29.2 Å². The predicted octanol–water partition coefficient (Wildman–Crippen LogP) is 3.16. The highest BCUT2D eigenvalue weighted by atomic mass is 16.5. The summed E-state index contributed by atoms with van der Waals surface area (Å²) in [5, 5.41) is 2.73. The van der Waals surface area contributed by atoms with Gasteiger partial charge in [-0.3, -0.25) is 9.59 Å². The molecule has 0 aromatic heterocycles. The molecule has 0 radical (unpaired) electrons. The Morgan fingerprint density at radius 3 is 2.46 bits per heavy atom. The van der Waals surface area contributed by atoms with Crippen LogP contribution in [0.2, 0.25) is 0 Å². The lowest BCUT2D eigenvalue weighted by atomic mass is 10.2. The first-order chi connectivity index (χ1) is 12.4. The highest BCUT2D eigenvalue weighted by Gasteiger charge is 2.14. The van der Waals surface area contributed by atoms with Gasteiger partial charge in [-0.15, -0.1) is 0 Å². The van der Waals surface area contributed by atoms with Gasteiger partial charge >= 0.3 is 5.97 Å². The number of nitrogens with one attached hydrogen (secondary N) is 1. The molecule has 6 nitrogen and oxygen atoms in total. The van der Waals surface area contributed by atoms with E-state index < -0.39 is 5.97 Å². The quantitative estimate of drug-likeness (QED) is 0.809. The lowest BCUT2D eigenvalue weighted by molar-refractivity contribution is -0.117. The lowest BCUT2D eigenvalue weighted by Crippen LogP contribution is -2.32. The van der Waals surface area contributed by atoms with Crippen LogP contribution in [0, 0.1) is 6.92 Å². The van der Waals surface area contributed by atoms with Crippen LogP contribution in [0.25, 0.3) is 0 Å². The summed E-state index contributed by atoms with van der Waals surface area (Å²) in [7, 11) is 1.30. The molecule has 0 spiro atoms. The minimum Gasteiger partial charge on any atom is -0.465 e.